The van der Waals surface area contributed by atoms with Gasteiger partial charge < -0.3 is 15.7 Å². The lowest BCUT2D eigenvalue weighted by Gasteiger charge is -2.15. The Labute approximate surface area is 120 Å². The molecule has 2 amide bonds. The van der Waals surface area contributed by atoms with Gasteiger partial charge in [-0.1, -0.05) is 6.07 Å². The number of carbonyl (C=O) groups excluding carboxylic acids is 1. The summed E-state index contributed by atoms with van der Waals surface area (Å²) in [5.74, 6) is -1.06. The number of anilines is 1. The van der Waals surface area contributed by atoms with Gasteiger partial charge >= 0.3 is 12.0 Å². The SMILES string of the molecule is CSCCC(NC(=O)Nc1ccc(C)cc1F)C(=O)O. The van der Waals surface area contributed by atoms with E-state index in [1.165, 1.54) is 23.9 Å². The lowest BCUT2D eigenvalue weighted by atomic mass is 10.2. The molecule has 0 aliphatic heterocycles. The molecule has 0 saturated heterocycles. The molecule has 7 heteroatoms. The highest BCUT2D eigenvalue weighted by Gasteiger charge is 2.19. The average molecular weight is 300 g/mol. The van der Waals surface area contributed by atoms with E-state index in [1.54, 1.807) is 13.0 Å². The molecule has 1 aromatic carbocycles. The Hall–Kier alpha value is -1.76. The van der Waals surface area contributed by atoms with Crippen molar-refractivity contribution in [1.82, 2.24) is 5.32 Å². The number of carboxylic acids is 1. The second-order valence-corrected chi connectivity index (χ2v) is 5.24. The van der Waals surface area contributed by atoms with Crippen LogP contribution in [0.1, 0.15) is 12.0 Å². The molecule has 0 aromatic heterocycles. The van der Waals surface area contributed by atoms with Crippen molar-refractivity contribution in [3.63, 3.8) is 0 Å². The summed E-state index contributed by atoms with van der Waals surface area (Å²) in [7, 11) is 0. The molecule has 110 valence electrons. The van der Waals surface area contributed by atoms with E-state index < -0.39 is 23.9 Å². The molecule has 20 heavy (non-hydrogen) atoms. The van der Waals surface area contributed by atoms with Gasteiger partial charge in [-0.3, -0.25) is 0 Å². The molecule has 5 nitrogen and oxygen atoms in total. The number of aryl methyl sites for hydroxylation is 1. The molecule has 0 spiro atoms. The van der Waals surface area contributed by atoms with E-state index in [4.69, 9.17) is 5.11 Å². The topological polar surface area (TPSA) is 78.4 Å². The second-order valence-electron chi connectivity index (χ2n) is 4.25. The maximum absolute atomic E-state index is 13.5. The molecular weight excluding hydrogens is 283 g/mol. The molecule has 0 heterocycles. The van der Waals surface area contributed by atoms with Crippen molar-refractivity contribution in [1.29, 1.82) is 0 Å². The number of carbonyl (C=O) groups is 2. The highest BCUT2D eigenvalue weighted by molar-refractivity contribution is 7.98. The summed E-state index contributed by atoms with van der Waals surface area (Å²) >= 11 is 1.49. The van der Waals surface area contributed by atoms with Gasteiger partial charge in [-0.15, -0.1) is 0 Å². The van der Waals surface area contributed by atoms with Gasteiger partial charge in [-0.05, 0) is 43.0 Å². The van der Waals surface area contributed by atoms with Crippen LogP contribution in [0.15, 0.2) is 18.2 Å². The number of urea groups is 1. The number of thioether (sulfide) groups is 1. The van der Waals surface area contributed by atoms with Crippen molar-refractivity contribution in [3.8, 4) is 0 Å². The fraction of sp³-hybridized carbons (Fsp3) is 0.385. The zero-order valence-corrected chi connectivity index (χ0v) is 12.1. The van der Waals surface area contributed by atoms with E-state index in [9.17, 15) is 14.0 Å². The van der Waals surface area contributed by atoms with Crippen LogP contribution in [0.25, 0.3) is 0 Å². The number of nitrogens with one attached hydrogen (secondary N) is 2. The molecule has 1 unspecified atom stereocenters. The van der Waals surface area contributed by atoms with Crippen LogP contribution in [0.3, 0.4) is 0 Å². The van der Waals surface area contributed by atoms with Gasteiger partial charge in [-0.25, -0.2) is 14.0 Å². The Kier molecular flexibility index (Phi) is 6.30. The van der Waals surface area contributed by atoms with Crippen LogP contribution in [0.5, 0.6) is 0 Å². The molecule has 0 bridgehead atoms. The van der Waals surface area contributed by atoms with E-state index in [0.717, 1.165) is 5.56 Å². The normalized spacial score (nSPS) is 11.8. The van der Waals surface area contributed by atoms with Crippen LogP contribution in [-0.2, 0) is 4.79 Å². The first-order valence-corrected chi connectivity index (χ1v) is 7.39. The molecule has 0 radical (unpaired) electrons. The summed E-state index contributed by atoms with van der Waals surface area (Å²) in [6.45, 7) is 1.73. The van der Waals surface area contributed by atoms with Gasteiger partial charge in [0, 0.05) is 0 Å². The minimum atomic E-state index is -1.11. The van der Waals surface area contributed by atoms with Gasteiger partial charge in [0.25, 0.3) is 0 Å². The predicted octanol–water partition coefficient (Wildman–Crippen LogP) is 2.46. The quantitative estimate of drug-likeness (QED) is 0.754. The highest BCUT2D eigenvalue weighted by atomic mass is 32.2. The monoisotopic (exact) mass is 300 g/mol. The standard InChI is InChI=1S/C13H17FN2O3S/c1-8-3-4-10(9(14)7-8)15-13(19)16-11(12(17)18)5-6-20-2/h3-4,7,11H,5-6H2,1-2H3,(H,17,18)(H2,15,16,19). The first-order chi connectivity index (χ1) is 9.43. The van der Waals surface area contributed by atoms with Crippen molar-refractivity contribution >= 4 is 29.4 Å². The van der Waals surface area contributed by atoms with Gasteiger partial charge in [0.05, 0.1) is 5.69 Å². The number of halogens is 1. The third-order valence-electron chi connectivity index (χ3n) is 2.59. The maximum Gasteiger partial charge on any atom is 0.326 e. The second kappa shape index (κ2) is 7.74. The van der Waals surface area contributed by atoms with Gasteiger partial charge in [0.15, 0.2) is 0 Å². The summed E-state index contributed by atoms with van der Waals surface area (Å²) in [5.41, 5.74) is 0.749. The van der Waals surface area contributed by atoms with Crippen molar-refractivity contribution in [2.24, 2.45) is 0 Å². The number of amides is 2. The highest BCUT2D eigenvalue weighted by Crippen LogP contribution is 2.15. The fourth-order valence-corrected chi connectivity index (χ4v) is 2.00. The van der Waals surface area contributed by atoms with Crippen LogP contribution in [-0.4, -0.2) is 35.2 Å². The molecule has 1 atom stereocenters. The number of benzene rings is 1. The molecular formula is C13H17FN2O3S. The molecule has 0 fully saturated rings. The third-order valence-corrected chi connectivity index (χ3v) is 3.23. The summed E-state index contributed by atoms with van der Waals surface area (Å²) in [6, 6.07) is 2.65. The Bertz CT molecular complexity index is 497. The molecule has 0 saturated carbocycles. The number of hydrogen-bond donors (Lipinski definition) is 3. The summed E-state index contributed by atoms with van der Waals surface area (Å²) in [4.78, 5) is 22.6. The van der Waals surface area contributed by atoms with Crippen LogP contribution < -0.4 is 10.6 Å². The van der Waals surface area contributed by atoms with Gasteiger partial charge in [0.1, 0.15) is 11.9 Å². The molecule has 3 N–H and O–H groups in total. The first-order valence-electron chi connectivity index (χ1n) is 5.99. The van der Waals surface area contributed by atoms with Crippen molar-refractivity contribution in [3.05, 3.63) is 29.6 Å². The maximum atomic E-state index is 13.5. The van der Waals surface area contributed by atoms with Crippen LogP contribution in [0.4, 0.5) is 14.9 Å². The number of carboxylic acid groups (broad SMARTS) is 1. The molecule has 0 aliphatic rings. The predicted molar refractivity (Wildman–Crippen MR) is 77.7 cm³/mol. The first kappa shape index (κ1) is 16.3. The van der Waals surface area contributed by atoms with E-state index in [0.29, 0.717) is 12.2 Å². The minimum Gasteiger partial charge on any atom is -0.480 e. The number of hydrogen-bond acceptors (Lipinski definition) is 3. The van der Waals surface area contributed by atoms with Crippen molar-refractivity contribution in [2.45, 2.75) is 19.4 Å². The van der Waals surface area contributed by atoms with E-state index in [-0.39, 0.29) is 5.69 Å². The Morgan fingerprint density at radius 1 is 1.45 bits per heavy atom. The number of aliphatic carboxylic acids is 1. The fourth-order valence-electron chi connectivity index (χ4n) is 1.53. The van der Waals surface area contributed by atoms with E-state index >= 15 is 0 Å². The smallest absolute Gasteiger partial charge is 0.326 e. The van der Waals surface area contributed by atoms with Crippen LogP contribution in [0, 0.1) is 12.7 Å². The van der Waals surface area contributed by atoms with Crippen LogP contribution >= 0.6 is 11.8 Å². The van der Waals surface area contributed by atoms with Gasteiger partial charge in [-0.2, -0.15) is 11.8 Å². The Morgan fingerprint density at radius 2 is 2.15 bits per heavy atom. The molecule has 1 rings (SSSR count). The third kappa shape index (κ3) is 5.08. The zero-order valence-electron chi connectivity index (χ0n) is 11.3. The molecule has 1 aromatic rings. The van der Waals surface area contributed by atoms with Crippen molar-refractivity contribution in [2.75, 3.05) is 17.3 Å². The largest absolute Gasteiger partial charge is 0.480 e. The minimum absolute atomic E-state index is 0.0158. The summed E-state index contributed by atoms with van der Waals surface area (Å²) < 4.78 is 13.5. The summed E-state index contributed by atoms with van der Waals surface area (Å²) in [5, 5.41) is 13.6. The van der Waals surface area contributed by atoms with Crippen LogP contribution in [0.2, 0.25) is 0 Å². The van der Waals surface area contributed by atoms with Crippen molar-refractivity contribution < 1.29 is 19.1 Å². The number of rotatable bonds is 6. The molecule has 0 aliphatic carbocycles. The average Bonchev–Trinajstić information content (AvgIpc) is 2.37. The Balaban J connectivity index is 2.63. The Morgan fingerprint density at radius 3 is 2.70 bits per heavy atom. The zero-order chi connectivity index (χ0) is 15.1. The summed E-state index contributed by atoms with van der Waals surface area (Å²) in [6.07, 6.45) is 2.15. The van der Waals surface area contributed by atoms with E-state index in [1.807, 2.05) is 6.26 Å². The van der Waals surface area contributed by atoms with Gasteiger partial charge in [0.2, 0.25) is 0 Å². The lowest BCUT2D eigenvalue weighted by Crippen LogP contribution is -2.43. The lowest BCUT2D eigenvalue weighted by molar-refractivity contribution is -0.139. The van der Waals surface area contributed by atoms with E-state index in [2.05, 4.69) is 10.6 Å².